The first-order valence-corrected chi connectivity index (χ1v) is 18.1. The third-order valence-corrected chi connectivity index (χ3v) is 13.1. The van der Waals surface area contributed by atoms with E-state index >= 15 is 0 Å². The average Bonchev–Trinajstić information content (AvgIpc) is 3.11. The van der Waals surface area contributed by atoms with Crippen molar-refractivity contribution in [2.45, 2.75) is 88.4 Å². The van der Waals surface area contributed by atoms with Crippen LogP contribution in [0.4, 0.5) is 5.69 Å². The van der Waals surface area contributed by atoms with E-state index in [1.807, 2.05) is 25.1 Å². The Hall–Kier alpha value is -2.55. The van der Waals surface area contributed by atoms with E-state index < -0.39 is 26.8 Å². The Morgan fingerprint density at radius 3 is 2.73 bits per heavy atom. The van der Waals surface area contributed by atoms with E-state index in [-0.39, 0.29) is 28.7 Å². The molecule has 2 aromatic carbocycles. The van der Waals surface area contributed by atoms with E-state index in [1.54, 1.807) is 25.1 Å². The van der Waals surface area contributed by atoms with Crippen molar-refractivity contribution in [2.75, 3.05) is 24.6 Å². The first-order valence-electron chi connectivity index (χ1n) is 16.2. The number of allylic oxidation sites excluding steroid dienone is 1. The first-order chi connectivity index (χ1) is 20.9. The van der Waals surface area contributed by atoms with E-state index in [1.165, 1.54) is 11.1 Å². The third kappa shape index (κ3) is 5.78. The molecule has 9 heteroatoms. The lowest BCUT2D eigenvalue weighted by Crippen LogP contribution is -2.52. The van der Waals surface area contributed by atoms with Gasteiger partial charge in [0, 0.05) is 29.1 Å². The molecule has 0 saturated heterocycles. The first kappa shape index (κ1) is 31.4. The maximum atomic E-state index is 13.4. The van der Waals surface area contributed by atoms with Crippen molar-refractivity contribution in [1.29, 1.82) is 0 Å². The van der Waals surface area contributed by atoms with Gasteiger partial charge in [-0.05, 0) is 111 Å². The van der Waals surface area contributed by atoms with Gasteiger partial charge in [0.2, 0.25) is 10.0 Å². The second-order valence-electron chi connectivity index (χ2n) is 13.8. The number of nitrogens with zero attached hydrogens (tertiary/aromatic N) is 1. The number of amides is 1. The lowest BCUT2D eigenvalue weighted by molar-refractivity contribution is -0.0510. The van der Waals surface area contributed by atoms with Crippen LogP contribution in [0.5, 0.6) is 5.75 Å². The number of rotatable bonds is 2. The minimum atomic E-state index is -3.94. The van der Waals surface area contributed by atoms with Gasteiger partial charge in [-0.3, -0.25) is 4.79 Å². The summed E-state index contributed by atoms with van der Waals surface area (Å²) < 4.78 is 35.5. The van der Waals surface area contributed by atoms with Gasteiger partial charge in [0.05, 0.1) is 23.1 Å². The molecule has 2 aliphatic carbocycles. The monoisotopic (exact) mass is 640 g/mol. The van der Waals surface area contributed by atoms with E-state index in [0.29, 0.717) is 38.3 Å². The Bertz CT molecular complexity index is 1560. The Kier molecular flexibility index (Phi) is 8.57. The summed E-state index contributed by atoms with van der Waals surface area (Å²) in [6.45, 7) is 7.51. The third-order valence-electron chi connectivity index (χ3n) is 10.9. The van der Waals surface area contributed by atoms with Crippen LogP contribution in [0, 0.1) is 17.8 Å². The smallest absolute Gasteiger partial charge is 0.264 e. The molecule has 1 fully saturated rings. The number of anilines is 1. The summed E-state index contributed by atoms with van der Waals surface area (Å²) in [5.74, 6) is 0.160. The zero-order valence-corrected chi connectivity index (χ0v) is 27.6. The molecule has 4 aliphatic rings. The van der Waals surface area contributed by atoms with Crippen molar-refractivity contribution in [1.82, 2.24) is 4.72 Å². The molecule has 44 heavy (non-hydrogen) atoms. The zero-order valence-electron chi connectivity index (χ0n) is 26.0. The topological polar surface area (TPSA) is 95.9 Å². The summed E-state index contributed by atoms with van der Waals surface area (Å²) in [7, 11) is -3.94. The lowest BCUT2D eigenvalue weighted by atomic mass is 9.63. The van der Waals surface area contributed by atoms with Gasteiger partial charge < -0.3 is 14.7 Å². The number of fused-ring (bicyclic) bond motifs is 4. The minimum absolute atomic E-state index is 0.0931. The van der Waals surface area contributed by atoms with Crippen molar-refractivity contribution in [2.24, 2.45) is 17.8 Å². The molecule has 6 rings (SSSR count). The Morgan fingerprint density at radius 1 is 1.16 bits per heavy atom. The number of ether oxygens (including phenoxy) is 1. The van der Waals surface area contributed by atoms with Gasteiger partial charge in [0.25, 0.3) is 5.91 Å². The van der Waals surface area contributed by atoms with Gasteiger partial charge >= 0.3 is 0 Å². The van der Waals surface area contributed by atoms with Gasteiger partial charge in [0.1, 0.15) is 5.75 Å². The quantitative estimate of drug-likeness (QED) is 0.368. The molecule has 2 aliphatic heterocycles. The summed E-state index contributed by atoms with van der Waals surface area (Å²) in [5, 5.41) is 12.0. The molecule has 2 bridgehead atoms. The number of hydrogen-bond acceptors (Lipinski definition) is 6. The molecule has 238 valence electrons. The number of carbonyl (C=O) groups is 1. The molecular weight excluding hydrogens is 596 g/mol. The van der Waals surface area contributed by atoms with Crippen LogP contribution in [0.25, 0.3) is 0 Å². The Labute approximate surface area is 267 Å². The van der Waals surface area contributed by atoms with E-state index in [4.69, 9.17) is 16.3 Å². The van der Waals surface area contributed by atoms with Gasteiger partial charge in [-0.1, -0.05) is 50.1 Å². The van der Waals surface area contributed by atoms with Crippen molar-refractivity contribution in [3.8, 4) is 5.75 Å². The highest BCUT2D eigenvalue weighted by Crippen LogP contribution is 2.49. The lowest BCUT2D eigenvalue weighted by Gasteiger charge is -2.49. The highest BCUT2D eigenvalue weighted by atomic mass is 35.5. The van der Waals surface area contributed by atoms with E-state index in [9.17, 15) is 18.3 Å². The predicted octanol–water partition coefficient (Wildman–Crippen LogP) is 6.41. The summed E-state index contributed by atoms with van der Waals surface area (Å²) in [6.07, 6.45) is 10.8. The molecule has 0 aromatic heterocycles. The van der Waals surface area contributed by atoms with Crippen LogP contribution in [0.2, 0.25) is 5.02 Å². The number of nitrogens with one attached hydrogen (secondary N) is 1. The van der Waals surface area contributed by atoms with E-state index in [0.717, 1.165) is 49.2 Å². The summed E-state index contributed by atoms with van der Waals surface area (Å²) in [5.41, 5.74) is 2.37. The SMILES string of the molecule is CCC[C@@]1(O)/C=C/C[C@H](C)[C@@H](C)S(=O)(=O)NC(=O)c2ccc3c(c2)N(C[C@@H]2CC[C@H]21)C[C@@]1(CCCc2cc(Cl)ccc21)CO3. The molecule has 2 N–H and O–H groups in total. The fourth-order valence-electron chi connectivity index (χ4n) is 8.04. The van der Waals surface area contributed by atoms with Crippen LogP contribution in [-0.4, -0.2) is 50.0 Å². The van der Waals surface area contributed by atoms with Crippen LogP contribution in [0.3, 0.4) is 0 Å². The number of halogens is 1. The number of aliphatic hydroxyl groups is 1. The molecule has 1 spiro atoms. The molecule has 1 saturated carbocycles. The molecule has 2 heterocycles. The number of carbonyl (C=O) groups excluding carboxylic acids is 1. The average molecular weight is 641 g/mol. The van der Waals surface area contributed by atoms with Gasteiger partial charge in [-0.25, -0.2) is 13.1 Å². The second kappa shape index (κ2) is 12.0. The minimum Gasteiger partial charge on any atom is -0.490 e. The number of benzene rings is 2. The van der Waals surface area contributed by atoms with Crippen LogP contribution in [0.1, 0.15) is 87.2 Å². The van der Waals surface area contributed by atoms with Gasteiger partial charge in [-0.2, -0.15) is 0 Å². The van der Waals surface area contributed by atoms with Crippen molar-refractivity contribution >= 4 is 33.2 Å². The Morgan fingerprint density at radius 2 is 1.98 bits per heavy atom. The normalized spacial score (nSPS) is 34.0. The summed E-state index contributed by atoms with van der Waals surface area (Å²) in [4.78, 5) is 15.8. The highest BCUT2D eigenvalue weighted by molar-refractivity contribution is 7.90. The zero-order chi connectivity index (χ0) is 31.3. The molecule has 6 atom stereocenters. The maximum Gasteiger partial charge on any atom is 0.264 e. The fourth-order valence-corrected chi connectivity index (χ4v) is 9.52. The standard InChI is InChI=1S/C35H45ClN2O5S/c1-4-15-35(40)17-5-7-23(2)24(3)44(41,42)37-33(39)26-10-14-32-31(19-26)38(20-27-9-12-30(27)35)21-34(22-43-32)16-6-8-25-18-28(36)11-13-29(25)34/h5,10-11,13-14,17-19,23-24,27,30,40H,4,6-9,12,15-16,20-22H2,1-3H3,(H,37,39)/b17-5+/t23-,24+,27-,30+,34-,35+/m0/s1. The molecule has 0 unspecified atom stereocenters. The largest absolute Gasteiger partial charge is 0.490 e. The van der Waals surface area contributed by atoms with Crippen molar-refractivity contribution in [3.63, 3.8) is 0 Å². The van der Waals surface area contributed by atoms with Crippen LogP contribution in [-0.2, 0) is 21.9 Å². The second-order valence-corrected chi connectivity index (χ2v) is 16.2. The summed E-state index contributed by atoms with van der Waals surface area (Å²) in [6, 6.07) is 11.4. The highest BCUT2D eigenvalue weighted by Gasteiger charge is 2.47. The van der Waals surface area contributed by atoms with Crippen LogP contribution < -0.4 is 14.4 Å². The summed E-state index contributed by atoms with van der Waals surface area (Å²) >= 11 is 6.42. The molecule has 0 radical (unpaired) electrons. The van der Waals surface area contributed by atoms with Crippen molar-refractivity contribution < 1.29 is 23.1 Å². The van der Waals surface area contributed by atoms with E-state index in [2.05, 4.69) is 28.7 Å². The van der Waals surface area contributed by atoms with Gasteiger partial charge in [-0.15, -0.1) is 0 Å². The predicted molar refractivity (Wildman–Crippen MR) is 175 cm³/mol. The van der Waals surface area contributed by atoms with Crippen LogP contribution >= 0.6 is 11.6 Å². The number of aryl methyl sites for hydroxylation is 1. The van der Waals surface area contributed by atoms with Crippen molar-refractivity contribution in [3.05, 3.63) is 70.3 Å². The number of hydrogen-bond donors (Lipinski definition) is 2. The molecular formula is C35H45ClN2O5S. The molecule has 1 amide bonds. The Balaban J connectivity index is 1.45. The maximum absolute atomic E-state index is 13.4. The van der Waals surface area contributed by atoms with Crippen LogP contribution in [0.15, 0.2) is 48.6 Å². The molecule has 7 nitrogen and oxygen atoms in total. The number of sulfonamides is 1. The molecule has 2 aromatic rings. The fraction of sp³-hybridized carbons (Fsp3) is 0.571. The van der Waals surface area contributed by atoms with Gasteiger partial charge in [0.15, 0.2) is 0 Å².